The predicted octanol–water partition coefficient (Wildman–Crippen LogP) is 2.80. The largest absolute Gasteiger partial charge is 0.356 e. The quantitative estimate of drug-likeness (QED) is 0.430. The van der Waals surface area contributed by atoms with Gasteiger partial charge in [0, 0.05) is 38.3 Å². The van der Waals surface area contributed by atoms with Gasteiger partial charge in [-0.25, -0.2) is 0 Å². The summed E-state index contributed by atoms with van der Waals surface area (Å²) in [4.78, 5) is 7.31. The Kier molecular flexibility index (Phi) is 6.16. The molecule has 2 aromatic rings. The van der Waals surface area contributed by atoms with Gasteiger partial charge in [-0.2, -0.15) is 0 Å². The van der Waals surface area contributed by atoms with Crippen LogP contribution in [-0.2, 0) is 19.4 Å². The molecule has 0 radical (unpaired) electrons. The number of anilines is 1. The Morgan fingerprint density at radius 3 is 2.96 bits per heavy atom. The van der Waals surface area contributed by atoms with E-state index in [9.17, 15) is 0 Å². The van der Waals surface area contributed by atoms with Gasteiger partial charge in [-0.05, 0) is 44.2 Å². The fourth-order valence-corrected chi connectivity index (χ4v) is 3.85. The van der Waals surface area contributed by atoms with Crippen molar-refractivity contribution in [3.63, 3.8) is 0 Å². The number of benzene rings is 1. The van der Waals surface area contributed by atoms with E-state index in [1.165, 1.54) is 11.3 Å². The van der Waals surface area contributed by atoms with Crippen molar-refractivity contribution < 1.29 is 0 Å². The second-order valence-corrected chi connectivity index (χ2v) is 6.90. The van der Waals surface area contributed by atoms with Crippen molar-refractivity contribution in [2.45, 2.75) is 39.7 Å². The molecule has 1 N–H and O–H groups in total. The second kappa shape index (κ2) is 8.37. The van der Waals surface area contributed by atoms with Crippen LogP contribution in [0.2, 0.25) is 0 Å². The molecule has 26 heavy (non-hydrogen) atoms. The van der Waals surface area contributed by atoms with Crippen molar-refractivity contribution in [1.82, 2.24) is 20.1 Å². The molecular formula is C19H27IN6. The molecule has 0 bridgehead atoms. The summed E-state index contributed by atoms with van der Waals surface area (Å²) in [5.41, 5.74) is 2.71. The zero-order valence-corrected chi connectivity index (χ0v) is 17.8. The van der Waals surface area contributed by atoms with Gasteiger partial charge >= 0.3 is 0 Å². The highest BCUT2D eigenvalue weighted by molar-refractivity contribution is 14.0. The second-order valence-electron chi connectivity index (χ2n) is 6.90. The van der Waals surface area contributed by atoms with E-state index in [0.717, 1.165) is 63.0 Å². The van der Waals surface area contributed by atoms with Gasteiger partial charge in [-0.3, -0.25) is 4.99 Å². The van der Waals surface area contributed by atoms with Gasteiger partial charge in [0.15, 0.2) is 5.96 Å². The van der Waals surface area contributed by atoms with Crippen molar-refractivity contribution in [1.29, 1.82) is 0 Å². The summed E-state index contributed by atoms with van der Waals surface area (Å²) >= 11 is 0. The Balaban J connectivity index is 0.00000196. The summed E-state index contributed by atoms with van der Waals surface area (Å²) in [6, 6.07) is 8.64. The van der Waals surface area contributed by atoms with Crippen molar-refractivity contribution in [2.75, 3.05) is 24.5 Å². The summed E-state index contributed by atoms with van der Waals surface area (Å²) < 4.78 is 2.25. The highest BCUT2D eigenvalue weighted by Gasteiger charge is 2.24. The third kappa shape index (κ3) is 3.72. The predicted molar refractivity (Wildman–Crippen MR) is 115 cm³/mol. The molecule has 3 heterocycles. The average Bonchev–Trinajstić information content (AvgIpc) is 3.23. The number of hydrogen-bond acceptors (Lipinski definition) is 3. The molecular weight excluding hydrogens is 439 g/mol. The molecule has 1 atom stereocenters. The molecule has 1 aromatic carbocycles. The molecule has 0 aliphatic carbocycles. The number of guanidine groups is 1. The number of rotatable bonds is 3. The molecule has 0 amide bonds. The minimum absolute atomic E-state index is 0. The van der Waals surface area contributed by atoms with Gasteiger partial charge in [-0.1, -0.05) is 18.2 Å². The summed E-state index contributed by atoms with van der Waals surface area (Å²) in [6.07, 6.45) is 3.23. The molecule has 0 saturated heterocycles. The van der Waals surface area contributed by atoms with Crippen LogP contribution in [-0.4, -0.2) is 40.4 Å². The number of fused-ring (bicyclic) bond motifs is 2. The zero-order chi connectivity index (χ0) is 17.2. The van der Waals surface area contributed by atoms with Crippen LogP contribution < -0.4 is 10.2 Å². The van der Waals surface area contributed by atoms with Crippen molar-refractivity contribution in [3.05, 3.63) is 41.5 Å². The minimum Gasteiger partial charge on any atom is -0.356 e. The highest BCUT2D eigenvalue weighted by atomic mass is 127. The molecule has 140 valence electrons. The molecule has 2 aliphatic rings. The monoisotopic (exact) mass is 466 g/mol. The number of aromatic nitrogens is 3. The molecule has 1 unspecified atom stereocenters. The first-order valence-corrected chi connectivity index (χ1v) is 9.28. The summed E-state index contributed by atoms with van der Waals surface area (Å²) in [5.74, 6) is 3.70. The number of halogens is 1. The first-order valence-electron chi connectivity index (χ1n) is 9.28. The Morgan fingerprint density at radius 1 is 1.27 bits per heavy atom. The standard InChI is InChI=1S/C19H26N6.HI/c1-3-20-19(24-11-10-16-6-4-5-7-17(16)24)21-12-15-8-9-18-23-22-14(2)25(18)13-15;/h4-7,15H,3,8-13H2,1-2H3,(H,20,21);1H. The average molecular weight is 466 g/mol. The molecule has 1 aromatic heterocycles. The van der Waals surface area contributed by atoms with Crippen molar-refractivity contribution >= 4 is 35.6 Å². The van der Waals surface area contributed by atoms with Crippen LogP contribution >= 0.6 is 24.0 Å². The Morgan fingerprint density at radius 2 is 2.12 bits per heavy atom. The van der Waals surface area contributed by atoms with Crippen LogP contribution in [0, 0.1) is 12.8 Å². The first-order chi connectivity index (χ1) is 12.3. The van der Waals surface area contributed by atoms with E-state index < -0.39 is 0 Å². The molecule has 6 nitrogen and oxygen atoms in total. The molecule has 2 aliphatic heterocycles. The zero-order valence-electron chi connectivity index (χ0n) is 15.5. The molecule has 7 heteroatoms. The lowest BCUT2D eigenvalue weighted by Crippen LogP contribution is -2.41. The minimum atomic E-state index is 0. The van der Waals surface area contributed by atoms with Gasteiger partial charge in [0.25, 0.3) is 0 Å². The lowest BCUT2D eigenvalue weighted by Gasteiger charge is -2.25. The van der Waals surface area contributed by atoms with E-state index in [-0.39, 0.29) is 24.0 Å². The van der Waals surface area contributed by atoms with E-state index >= 15 is 0 Å². The van der Waals surface area contributed by atoms with Crippen LogP contribution in [0.25, 0.3) is 0 Å². The summed E-state index contributed by atoms with van der Waals surface area (Å²) in [6.45, 7) is 7.88. The number of aryl methyl sites for hydroxylation is 2. The van der Waals surface area contributed by atoms with Gasteiger partial charge in [0.1, 0.15) is 11.6 Å². The van der Waals surface area contributed by atoms with Crippen LogP contribution in [0.15, 0.2) is 29.3 Å². The number of para-hydroxylation sites is 1. The summed E-state index contributed by atoms with van der Waals surface area (Å²) in [5, 5.41) is 11.9. The van der Waals surface area contributed by atoms with Crippen LogP contribution in [0.4, 0.5) is 5.69 Å². The van der Waals surface area contributed by atoms with Gasteiger partial charge in [0.05, 0.1) is 0 Å². The third-order valence-corrected chi connectivity index (χ3v) is 5.21. The van der Waals surface area contributed by atoms with Gasteiger partial charge in [-0.15, -0.1) is 34.2 Å². The first kappa shape index (κ1) is 19.1. The molecule has 0 spiro atoms. The van der Waals surface area contributed by atoms with Crippen molar-refractivity contribution in [3.8, 4) is 0 Å². The highest BCUT2D eigenvalue weighted by Crippen LogP contribution is 2.27. The van der Waals surface area contributed by atoms with Crippen molar-refractivity contribution in [2.24, 2.45) is 10.9 Å². The van der Waals surface area contributed by atoms with Gasteiger partial charge in [0.2, 0.25) is 0 Å². The maximum atomic E-state index is 4.98. The Labute approximate surface area is 172 Å². The van der Waals surface area contributed by atoms with E-state index in [4.69, 9.17) is 4.99 Å². The van der Waals surface area contributed by atoms with E-state index in [1.807, 2.05) is 6.92 Å². The van der Waals surface area contributed by atoms with Crippen LogP contribution in [0.1, 0.15) is 30.6 Å². The lowest BCUT2D eigenvalue weighted by molar-refractivity contribution is 0.370. The smallest absolute Gasteiger partial charge is 0.198 e. The molecule has 0 fully saturated rings. The molecule has 0 saturated carbocycles. The maximum Gasteiger partial charge on any atom is 0.198 e. The normalized spacial score (nSPS) is 18.9. The van der Waals surface area contributed by atoms with E-state index in [0.29, 0.717) is 5.92 Å². The fourth-order valence-electron chi connectivity index (χ4n) is 3.85. The fraction of sp³-hybridized carbons (Fsp3) is 0.526. The van der Waals surface area contributed by atoms with Crippen LogP contribution in [0.3, 0.4) is 0 Å². The number of nitrogens with zero attached hydrogens (tertiary/aromatic N) is 5. The number of nitrogens with one attached hydrogen (secondary N) is 1. The Hall–Kier alpha value is -1.64. The van der Waals surface area contributed by atoms with Gasteiger partial charge < -0.3 is 14.8 Å². The van der Waals surface area contributed by atoms with E-state index in [2.05, 4.69) is 56.2 Å². The summed E-state index contributed by atoms with van der Waals surface area (Å²) in [7, 11) is 0. The number of aliphatic imine (C=N–C) groups is 1. The van der Waals surface area contributed by atoms with Crippen LogP contribution in [0.5, 0.6) is 0 Å². The SMILES string of the molecule is CCNC(=NCC1CCc2nnc(C)n2C1)N1CCc2ccccc21.I. The molecule has 4 rings (SSSR count). The number of hydrogen-bond donors (Lipinski definition) is 1. The van der Waals surface area contributed by atoms with E-state index in [1.54, 1.807) is 0 Å². The lowest BCUT2D eigenvalue weighted by atomic mass is 9.99. The third-order valence-electron chi connectivity index (χ3n) is 5.21. The topological polar surface area (TPSA) is 58.3 Å². The Bertz CT molecular complexity index is 784. The maximum absolute atomic E-state index is 4.98.